The smallest absolute Gasteiger partial charge is 0.547 e. The molecule has 1 aliphatic rings. The van der Waals surface area contributed by atoms with Crippen molar-refractivity contribution in [2.75, 3.05) is 0 Å². The zero-order chi connectivity index (χ0) is 12.3. The van der Waals surface area contributed by atoms with E-state index in [2.05, 4.69) is 0 Å². The maximum Gasteiger partial charge on any atom is 1.00 e. The Morgan fingerprint density at radius 2 is 2.00 bits per heavy atom. The summed E-state index contributed by atoms with van der Waals surface area (Å²) in [7, 11) is 0. The summed E-state index contributed by atoms with van der Waals surface area (Å²) in [6.45, 7) is 1.26. The molecule has 1 aliphatic carbocycles. The number of hydrogen-bond acceptors (Lipinski definition) is 6. The van der Waals surface area contributed by atoms with E-state index in [0.717, 1.165) is 0 Å². The number of ether oxygens (including phenoxy) is 1. The summed E-state index contributed by atoms with van der Waals surface area (Å²) in [5.74, 6) is -2.74. The third-order valence-electron chi connectivity index (χ3n) is 2.43. The second-order valence-electron chi connectivity index (χ2n) is 3.66. The van der Waals surface area contributed by atoms with Gasteiger partial charge in [-0.1, -0.05) is 6.08 Å². The van der Waals surface area contributed by atoms with Crippen LogP contribution >= 0.6 is 0 Å². The Morgan fingerprint density at radius 1 is 1.44 bits per heavy atom. The van der Waals surface area contributed by atoms with Gasteiger partial charge in [0.25, 0.3) is 0 Å². The predicted molar refractivity (Wildman–Crippen MR) is 47.7 cm³/mol. The second kappa shape index (κ2) is 10.6. The van der Waals surface area contributed by atoms with Gasteiger partial charge in [-0.3, -0.25) is 0 Å². The molecule has 0 aromatic rings. The average Bonchev–Trinajstić information content (AvgIpc) is 2.20. The topological polar surface area (TPSA) is 110 Å². The van der Waals surface area contributed by atoms with Gasteiger partial charge in [0.1, 0.15) is 0 Å². The molecule has 0 saturated carbocycles. The van der Waals surface area contributed by atoms with Crippen LogP contribution in [-0.2, 0) is 14.3 Å². The molecule has 0 spiro atoms. The van der Waals surface area contributed by atoms with Crippen LogP contribution in [0, 0.1) is 0 Å². The van der Waals surface area contributed by atoms with Gasteiger partial charge >= 0.3 is 103 Å². The maximum absolute atomic E-state index is 10.6. The third kappa shape index (κ3) is 7.05. The van der Waals surface area contributed by atoms with Crippen LogP contribution in [-0.4, -0.2) is 35.4 Å². The standard InChI is InChI=1S/C10H14O6.2K/c1-5(9(12)13)16-8-4-6(10(14)15)2-3-7(8)11;;/h2,5,7-8,11H,3-4H2,1H3,(H,12,13)(H,14,15);;/q;2*+1/p-2/t5-,7+,8+;;/m0../s1. The normalized spacial score (nSPS) is 24.0. The molecule has 0 heterocycles. The van der Waals surface area contributed by atoms with Gasteiger partial charge in [-0.15, -0.1) is 0 Å². The number of carboxylic acids is 2. The molecule has 0 fully saturated rings. The second-order valence-corrected chi connectivity index (χ2v) is 3.66. The fraction of sp³-hybridized carbons (Fsp3) is 0.600. The molecule has 0 aromatic heterocycles. The van der Waals surface area contributed by atoms with Crippen molar-refractivity contribution in [1.29, 1.82) is 0 Å². The summed E-state index contributed by atoms with van der Waals surface area (Å²) in [4.78, 5) is 21.0. The first-order valence-corrected chi connectivity index (χ1v) is 4.86. The average molecular weight is 306 g/mol. The number of carboxylic acid groups (broad SMARTS) is 2. The van der Waals surface area contributed by atoms with Crippen LogP contribution in [0.2, 0.25) is 0 Å². The molecular weight excluding hydrogens is 294 g/mol. The number of aliphatic carboxylic acids is 2. The Hall–Kier alpha value is 1.87. The maximum atomic E-state index is 10.6. The molecule has 1 rings (SSSR count). The molecule has 90 valence electrons. The van der Waals surface area contributed by atoms with E-state index in [9.17, 15) is 24.9 Å². The van der Waals surface area contributed by atoms with E-state index in [1.165, 1.54) is 13.0 Å². The zero-order valence-corrected chi connectivity index (χ0v) is 17.0. The summed E-state index contributed by atoms with van der Waals surface area (Å²) < 4.78 is 5.00. The van der Waals surface area contributed by atoms with Crippen LogP contribution in [0.1, 0.15) is 19.8 Å². The van der Waals surface area contributed by atoms with Gasteiger partial charge in [0.2, 0.25) is 0 Å². The van der Waals surface area contributed by atoms with E-state index in [-0.39, 0.29) is 121 Å². The van der Waals surface area contributed by atoms with Crippen molar-refractivity contribution in [3.63, 3.8) is 0 Å². The van der Waals surface area contributed by atoms with Gasteiger partial charge in [0.15, 0.2) is 0 Å². The first kappa shape index (κ1) is 22.2. The Morgan fingerprint density at radius 3 is 2.44 bits per heavy atom. The van der Waals surface area contributed by atoms with Crippen molar-refractivity contribution < 1.29 is 132 Å². The van der Waals surface area contributed by atoms with Gasteiger partial charge in [0, 0.05) is 6.42 Å². The van der Waals surface area contributed by atoms with Crippen molar-refractivity contribution in [1.82, 2.24) is 0 Å². The molecule has 8 heteroatoms. The molecule has 0 radical (unpaired) electrons. The molecular formula is C10H12K2O6. The van der Waals surface area contributed by atoms with E-state index in [1.807, 2.05) is 0 Å². The van der Waals surface area contributed by atoms with Crippen LogP contribution in [0.4, 0.5) is 0 Å². The molecule has 1 N–H and O–H groups in total. The first-order chi connectivity index (χ1) is 7.41. The van der Waals surface area contributed by atoms with E-state index < -0.39 is 30.3 Å². The van der Waals surface area contributed by atoms with Crippen molar-refractivity contribution in [2.45, 2.75) is 38.1 Å². The van der Waals surface area contributed by atoms with Crippen LogP contribution in [0.15, 0.2) is 11.6 Å². The van der Waals surface area contributed by atoms with Crippen LogP contribution in [0.3, 0.4) is 0 Å². The van der Waals surface area contributed by atoms with Crippen molar-refractivity contribution in [3.8, 4) is 0 Å². The van der Waals surface area contributed by atoms with Gasteiger partial charge in [-0.2, -0.15) is 0 Å². The summed E-state index contributed by atoms with van der Waals surface area (Å²) >= 11 is 0. The predicted octanol–water partition coefficient (Wildman–Crippen LogP) is -8.65. The number of aliphatic hydroxyl groups is 1. The molecule has 6 nitrogen and oxygen atoms in total. The molecule has 0 bridgehead atoms. The molecule has 0 aliphatic heterocycles. The summed E-state index contributed by atoms with van der Waals surface area (Å²) in [5, 5.41) is 30.5. The van der Waals surface area contributed by atoms with Crippen molar-refractivity contribution in [2.24, 2.45) is 0 Å². The largest absolute Gasteiger partial charge is 1.00 e. The molecule has 3 atom stereocenters. The van der Waals surface area contributed by atoms with Gasteiger partial charge in [0.05, 0.1) is 30.3 Å². The monoisotopic (exact) mass is 306 g/mol. The first-order valence-electron chi connectivity index (χ1n) is 4.86. The Bertz CT molecular complexity index is 330. The van der Waals surface area contributed by atoms with E-state index in [0.29, 0.717) is 0 Å². The minimum absolute atomic E-state index is 0. The zero-order valence-electron chi connectivity index (χ0n) is 10.7. The van der Waals surface area contributed by atoms with Gasteiger partial charge in [-0.25, -0.2) is 0 Å². The minimum atomic E-state index is -1.41. The number of rotatable bonds is 4. The van der Waals surface area contributed by atoms with Crippen molar-refractivity contribution >= 4 is 11.9 Å². The minimum Gasteiger partial charge on any atom is -0.547 e. The fourth-order valence-electron chi connectivity index (χ4n) is 1.47. The third-order valence-corrected chi connectivity index (χ3v) is 2.43. The number of carbonyl (C=O) groups excluding carboxylic acids is 2. The SMILES string of the molecule is C[C@H](O[C@@H]1CC(C(=O)[O-])=CC[C@H]1O)C(=O)[O-].[K+].[K+]. The summed E-state index contributed by atoms with van der Waals surface area (Å²) in [6.07, 6.45) is -1.57. The Kier molecular flexibility index (Phi) is 13.0. The Balaban J connectivity index is 0. The quantitative estimate of drug-likeness (QED) is 0.517. The number of aliphatic hydroxyl groups excluding tert-OH is 1. The fourth-order valence-corrected chi connectivity index (χ4v) is 1.47. The summed E-state index contributed by atoms with van der Waals surface area (Å²) in [6, 6.07) is 0. The Labute approximate surface area is 190 Å². The van der Waals surface area contributed by atoms with Crippen LogP contribution < -0.4 is 113 Å². The van der Waals surface area contributed by atoms with Gasteiger partial charge in [-0.05, 0) is 18.9 Å². The number of hydrogen-bond donors (Lipinski definition) is 1. The molecule has 0 aromatic carbocycles. The van der Waals surface area contributed by atoms with Crippen LogP contribution in [0.25, 0.3) is 0 Å². The molecule has 18 heavy (non-hydrogen) atoms. The molecule has 0 saturated heterocycles. The van der Waals surface area contributed by atoms with E-state index in [1.54, 1.807) is 0 Å². The molecule has 0 unspecified atom stereocenters. The molecule has 0 amide bonds. The van der Waals surface area contributed by atoms with Gasteiger partial charge < -0.3 is 29.6 Å². The van der Waals surface area contributed by atoms with E-state index >= 15 is 0 Å². The van der Waals surface area contributed by atoms with Crippen molar-refractivity contribution in [3.05, 3.63) is 11.6 Å². The number of carbonyl (C=O) groups is 2. The van der Waals surface area contributed by atoms with Crippen LogP contribution in [0.5, 0.6) is 0 Å². The summed E-state index contributed by atoms with van der Waals surface area (Å²) in [5.41, 5.74) is 0.0147. The van der Waals surface area contributed by atoms with E-state index in [4.69, 9.17) is 4.74 Å².